The van der Waals surface area contributed by atoms with Gasteiger partial charge in [-0.15, -0.1) is 13.2 Å². The Labute approximate surface area is 147 Å². The Morgan fingerprint density at radius 2 is 1.09 bits per heavy atom. The predicted molar refractivity (Wildman–Crippen MR) is 108 cm³/mol. The Kier molecular flexibility index (Phi) is 16.7. The maximum atomic E-state index is 8.00. The minimum Gasteiger partial charge on any atom is -0.319 e. The topological polar surface area (TPSA) is 55.1 Å². The molecule has 0 radical (unpaired) electrons. The summed E-state index contributed by atoms with van der Waals surface area (Å²) in [6.45, 7) is 32.5. The van der Waals surface area contributed by atoms with Crippen molar-refractivity contribution in [2.45, 2.75) is 75.7 Å². The maximum absolute atomic E-state index is 8.00. The molecule has 0 saturated heterocycles. The molecule has 0 unspecified atom stereocenters. The molecule has 0 spiro atoms. The van der Waals surface area contributed by atoms with Crippen LogP contribution in [0.4, 0.5) is 0 Å². The third-order valence-corrected chi connectivity index (χ3v) is 6.22. The van der Waals surface area contributed by atoms with Crippen LogP contribution in [-0.2, 0) is 4.79 Å². The third-order valence-electron chi connectivity index (χ3n) is 6.22. The van der Waals surface area contributed by atoms with Gasteiger partial charge in [0.25, 0.3) is 0 Å². The Hall–Kier alpha value is -0.670. The minimum atomic E-state index is 0.319. The molecule has 0 amide bonds. The molecular weight excluding hydrogens is 284 g/mol. The zero-order valence-electron chi connectivity index (χ0n) is 18.0. The van der Waals surface area contributed by atoms with Crippen LogP contribution in [0.2, 0.25) is 0 Å². The zero-order chi connectivity index (χ0) is 20.1. The number of hydrogen-bond acceptors (Lipinski definition) is 3. The SMILES string of the molecule is C=C.C=O.CCC(C)(C)C(C)(C)C(C)(C)C(C)(C)C.CNCN. The molecule has 142 valence electrons. The summed E-state index contributed by atoms with van der Waals surface area (Å²) in [4.78, 5) is 8.00. The van der Waals surface area contributed by atoms with Gasteiger partial charge in [0.1, 0.15) is 6.79 Å². The van der Waals surface area contributed by atoms with Gasteiger partial charge in [-0.05, 0) is 28.7 Å². The molecule has 0 aliphatic heterocycles. The standard InChI is InChI=1S/C15H32.C2H8N2.C2H4.CH2O/c1-11-13(5,6)15(9,10)14(7,8)12(2,3)4;1-4-2-3;2*1-2/h11H2,1-10H3;4H,2-3H2,1H3;1-2H2;1H2. The van der Waals surface area contributed by atoms with Crippen LogP contribution < -0.4 is 11.1 Å². The first-order valence-corrected chi connectivity index (χ1v) is 8.36. The average molecular weight is 331 g/mol. The highest BCUT2D eigenvalue weighted by Gasteiger charge is 2.51. The summed E-state index contributed by atoms with van der Waals surface area (Å²) in [6, 6.07) is 0. The second-order valence-corrected chi connectivity index (χ2v) is 8.30. The molecule has 0 aromatic rings. The van der Waals surface area contributed by atoms with E-state index in [2.05, 4.69) is 87.7 Å². The van der Waals surface area contributed by atoms with E-state index in [0.29, 0.717) is 28.3 Å². The highest BCUT2D eigenvalue weighted by Crippen LogP contribution is 2.59. The summed E-state index contributed by atoms with van der Waals surface area (Å²) in [5, 5.41) is 2.71. The van der Waals surface area contributed by atoms with Crippen molar-refractivity contribution in [3.05, 3.63) is 13.2 Å². The molecule has 3 nitrogen and oxygen atoms in total. The Balaban J connectivity index is -0.000000190. The van der Waals surface area contributed by atoms with E-state index in [1.165, 1.54) is 6.42 Å². The van der Waals surface area contributed by atoms with Gasteiger partial charge in [0.15, 0.2) is 0 Å². The molecule has 0 aliphatic rings. The number of hydrogen-bond donors (Lipinski definition) is 2. The number of carbonyl (C=O) groups excluding carboxylic acids is 1. The van der Waals surface area contributed by atoms with Crippen LogP contribution in [-0.4, -0.2) is 20.5 Å². The van der Waals surface area contributed by atoms with Crippen molar-refractivity contribution in [1.82, 2.24) is 5.32 Å². The molecule has 0 bridgehead atoms. The van der Waals surface area contributed by atoms with Gasteiger partial charge in [-0.2, -0.15) is 0 Å². The van der Waals surface area contributed by atoms with Crippen LogP contribution in [0.25, 0.3) is 0 Å². The highest BCUT2D eigenvalue weighted by atomic mass is 16.1. The lowest BCUT2D eigenvalue weighted by Crippen LogP contribution is -2.50. The van der Waals surface area contributed by atoms with Gasteiger partial charge < -0.3 is 15.8 Å². The number of rotatable bonds is 4. The van der Waals surface area contributed by atoms with Crippen molar-refractivity contribution in [3.63, 3.8) is 0 Å². The van der Waals surface area contributed by atoms with Crippen LogP contribution in [0.3, 0.4) is 0 Å². The van der Waals surface area contributed by atoms with Gasteiger partial charge in [0, 0.05) is 6.67 Å². The molecule has 0 aromatic carbocycles. The molecule has 3 heteroatoms. The van der Waals surface area contributed by atoms with E-state index in [-0.39, 0.29) is 0 Å². The molecule has 0 saturated carbocycles. The molecule has 0 aromatic heterocycles. The third kappa shape index (κ3) is 8.66. The molecular formula is C20H46N2O. The monoisotopic (exact) mass is 330 g/mol. The Morgan fingerprint density at radius 1 is 0.826 bits per heavy atom. The van der Waals surface area contributed by atoms with Crippen molar-refractivity contribution in [3.8, 4) is 0 Å². The summed E-state index contributed by atoms with van der Waals surface area (Å²) in [6.07, 6.45) is 1.24. The minimum absolute atomic E-state index is 0.319. The molecule has 23 heavy (non-hydrogen) atoms. The molecule has 0 atom stereocenters. The van der Waals surface area contributed by atoms with E-state index in [1.807, 2.05) is 6.79 Å². The fourth-order valence-corrected chi connectivity index (χ4v) is 2.23. The largest absolute Gasteiger partial charge is 0.319 e. The van der Waals surface area contributed by atoms with Gasteiger partial charge in [-0.1, -0.05) is 75.7 Å². The van der Waals surface area contributed by atoms with Gasteiger partial charge in [-0.3, -0.25) is 0 Å². The van der Waals surface area contributed by atoms with Gasteiger partial charge in [-0.25, -0.2) is 0 Å². The number of nitrogens with two attached hydrogens (primary N) is 1. The predicted octanol–water partition coefficient (Wildman–Crippen LogP) is 5.26. The van der Waals surface area contributed by atoms with E-state index in [1.54, 1.807) is 7.05 Å². The lowest BCUT2D eigenvalue weighted by atomic mass is 9.47. The van der Waals surface area contributed by atoms with Crippen LogP contribution in [0.15, 0.2) is 13.2 Å². The average Bonchev–Trinajstić information content (AvgIpc) is 2.50. The normalized spacial score (nSPS) is 11.8. The van der Waals surface area contributed by atoms with Gasteiger partial charge >= 0.3 is 0 Å². The molecule has 0 aliphatic carbocycles. The Bertz CT molecular complexity index is 272. The molecule has 0 rings (SSSR count). The van der Waals surface area contributed by atoms with E-state index >= 15 is 0 Å². The highest BCUT2D eigenvalue weighted by molar-refractivity contribution is 5.11. The summed E-state index contributed by atoms with van der Waals surface area (Å²) in [5.74, 6) is 0. The second-order valence-electron chi connectivity index (χ2n) is 8.30. The fourth-order valence-electron chi connectivity index (χ4n) is 2.23. The van der Waals surface area contributed by atoms with E-state index in [0.717, 1.165) is 0 Å². The van der Waals surface area contributed by atoms with Crippen LogP contribution in [0, 0.1) is 21.7 Å². The van der Waals surface area contributed by atoms with Crippen LogP contribution in [0.1, 0.15) is 75.7 Å². The fraction of sp³-hybridized carbons (Fsp3) is 0.850. The smallest absolute Gasteiger partial charge is 0.106 e. The first kappa shape index (κ1) is 30.2. The van der Waals surface area contributed by atoms with Crippen LogP contribution >= 0.6 is 0 Å². The van der Waals surface area contributed by atoms with Crippen LogP contribution in [0.5, 0.6) is 0 Å². The lowest BCUT2D eigenvalue weighted by molar-refractivity contribution is -0.0979. The summed E-state index contributed by atoms with van der Waals surface area (Å²) in [7, 11) is 1.81. The summed E-state index contributed by atoms with van der Waals surface area (Å²) in [5.41, 5.74) is 6.28. The van der Waals surface area contributed by atoms with E-state index < -0.39 is 0 Å². The first-order valence-electron chi connectivity index (χ1n) is 8.36. The second kappa shape index (κ2) is 12.7. The van der Waals surface area contributed by atoms with Crippen molar-refractivity contribution >= 4 is 6.79 Å². The molecule has 0 heterocycles. The van der Waals surface area contributed by atoms with E-state index in [4.69, 9.17) is 10.5 Å². The van der Waals surface area contributed by atoms with Crippen molar-refractivity contribution in [1.29, 1.82) is 0 Å². The molecule has 3 N–H and O–H groups in total. The maximum Gasteiger partial charge on any atom is 0.106 e. The zero-order valence-corrected chi connectivity index (χ0v) is 18.0. The van der Waals surface area contributed by atoms with Crippen molar-refractivity contribution in [2.75, 3.05) is 13.7 Å². The molecule has 0 fully saturated rings. The van der Waals surface area contributed by atoms with Crippen molar-refractivity contribution < 1.29 is 4.79 Å². The quantitative estimate of drug-likeness (QED) is 0.546. The first-order chi connectivity index (χ1) is 10.2. The van der Waals surface area contributed by atoms with Gasteiger partial charge in [0.2, 0.25) is 0 Å². The van der Waals surface area contributed by atoms with Crippen molar-refractivity contribution in [2.24, 2.45) is 27.4 Å². The number of nitrogens with one attached hydrogen (secondary N) is 1. The lowest BCUT2D eigenvalue weighted by Gasteiger charge is -2.58. The Morgan fingerprint density at radius 3 is 1.22 bits per heavy atom. The van der Waals surface area contributed by atoms with Gasteiger partial charge in [0.05, 0.1) is 0 Å². The summed E-state index contributed by atoms with van der Waals surface area (Å²) < 4.78 is 0. The number of carbonyl (C=O) groups is 1. The summed E-state index contributed by atoms with van der Waals surface area (Å²) >= 11 is 0. The van der Waals surface area contributed by atoms with E-state index in [9.17, 15) is 0 Å².